The van der Waals surface area contributed by atoms with Crippen LogP contribution in [-0.2, 0) is 10.8 Å². The molecule has 3 heteroatoms. The van der Waals surface area contributed by atoms with Gasteiger partial charge in [-0.1, -0.05) is 103 Å². The number of benzene rings is 3. The summed E-state index contributed by atoms with van der Waals surface area (Å²) in [5.41, 5.74) is 11.2. The first kappa shape index (κ1) is 26.6. The Morgan fingerprint density at radius 3 is 1.86 bits per heavy atom. The molecule has 0 radical (unpaired) electrons. The van der Waals surface area contributed by atoms with Gasteiger partial charge in [-0.3, -0.25) is 10.4 Å². The number of hydrogen-bond donors (Lipinski definition) is 1. The Labute approximate surface area is 223 Å². The van der Waals surface area contributed by atoms with Crippen LogP contribution in [0, 0.1) is 0 Å². The molecule has 3 nitrogen and oxygen atoms in total. The van der Waals surface area contributed by atoms with Crippen LogP contribution in [0.25, 0.3) is 6.08 Å². The lowest BCUT2D eigenvalue weighted by atomic mass is 9.86. The molecule has 0 aliphatic carbocycles. The summed E-state index contributed by atoms with van der Waals surface area (Å²) in [5, 5.41) is 2.23. The first-order valence-electron chi connectivity index (χ1n) is 13.4. The van der Waals surface area contributed by atoms with E-state index in [1.54, 1.807) is 0 Å². The Hall–Kier alpha value is -3.46. The van der Waals surface area contributed by atoms with Crippen molar-refractivity contribution in [2.24, 2.45) is 0 Å². The molecule has 194 valence electrons. The number of allylic oxidation sites excluding steroid dienone is 1. The van der Waals surface area contributed by atoms with Gasteiger partial charge in [-0.05, 0) is 75.9 Å². The molecule has 0 saturated carbocycles. The van der Waals surface area contributed by atoms with Gasteiger partial charge in [-0.2, -0.15) is 0 Å². The van der Waals surface area contributed by atoms with Gasteiger partial charge in [0.25, 0.3) is 0 Å². The molecule has 37 heavy (non-hydrogen) atoms. The first-order chi connectivity index (χ1) is 17.5. The van der Waals surface area contributed by atoms with E-state index in [-0.39, 0.29) is 16.9 Å². The van der Waals surface area contributed by atoms with Crippen LogP contribution >= 0.6 is 0 Å². The number of anilines is 1. The minimum absolute atomic E-state index is 0.0827. The maximum absolute atomic E-state index is 5.80. The molecule has 1 heterocycles. The molecule has 1 N–H and O–H groups in total. The van der Waals surface area contributed by atoms with Crippen molar-refractivity contribution in [1.29, 1.82) is 0 Å². The Balaban J connectivity index is 1.60. The smallest absolute Gasteiger partial charge is 0.119 e. The lowest BCUT2D eigenvalue weighted by Crippen LogP contribution is -2.34. The molecule has 0 amide bonds. The summed E-state index contributed by atoms with van der Waals surface area (Å²) in [6.07, 6.45) is 7.64. The van der Waals surface area contributed by atoms with Crippen molar-refractivity contribution >= 4 is 11.8 Å². The predicted octanol–water partition coefficient (Wildman–Crippen LogP) is 8.73. The normalized spacial score (nSPS) is 16.1. The van der Waals surface area contributed by atoms with Gasteiger partial charge in [0, 0.05) is 0 Å². The number of rotatable bonds is 7. The molecule has 4 rings (SSSR count). The van der Waals surface area contributed by atoms with Crippen LogP contribution < -0.4 is 15.2 Å². The number of nitrogens with zero attached hydrogens (tertiary/aromatic N) is 1. The van der Waals surface area contributed by atoms with Crippen LogP contribution in [0.1, 0.15) is 83.2 Å². The molecule has 3 aromatic rings. The van der Waals surface area contributed by atoms with E-state index in [1.165, 1.54) is 22.3 Å². The molecule has 0 bridgehead atoms. The van der Waals surface area contributed by atoms with Crippen molar-refractivity contribution in [1.82, 2.24) is 5.43 Å². The number of nitrogens with one attached hydrogen (secondary N) is 1. The maximum Gasteiger partial charge on any atom is 0.119 e. The van der Waals surface area contributed by atoms with E-state index < -0.39 is 0 Å². The minimum Gasteiger partial charge on any atom is -0.494 e. The zero-order chi connectivity index (χ0) is 26.6. The van der Waals surface area contributed by atoms with Gasteiger partial charge >= 0.3 is 0 Å². The zero-order valence-corrected chi connectivity index (χ0v) is 23.5. The largest absolute Gasteiger partial charge is 0.494 e. The van der Waals surface area contributed by atoms with Crippen LogP contribution in [-0.4, -0.2) is 6.61 Å². The van der Waals surface area contributed by atoms with Crippen molar-refractivity contribution < 1.29 is 4.74 Å². The van der Waals surface area contributed by atoms with Crippen LogP contribution in [0.3, 0.4) is 0 Å². The molecule has 0 spiro atoms. The third-order valence-electron chi connectivity index (χ3n) is 6.80. The second kappa shape index (κ2) is 10.9. The van der Waals surface area contributed by atoms with Crippen molar-refractivity contribution in [2.45, 2.75) is 71.8 Å². The summed E-state index contributed by atoms with van der Waals surface area (Å²) >= 11 is 0. The predicted molar refractivity (Wildman–Crippen MR) is 158 cm³/mol. The van der Waals surface area contributed by atoms with Crippen LogP contribution in [0.2, 0.25) is 0 Å². The van der Waals surface area contributed by atoms with Gasteiger partial charge in [0.1, 0.15) is 5.75 Å². The molecule has 0 aromatic heterocycles. The van der Waals surface area contributed by atoms with Gasteiger partial charge in [0.15, 0.2) is 0 Å². The summed E-state index contributed by atoms with van der Waals surface area (Å²) in [5.74, 6) is 0.905. The van der Waals surface area contributed by atoms with E-state index in [0.717, 1.165) is 30.2 Å². The maximum atomic E-state index is 5.80. The van der Waals surface area contributed by atoms with Crippen LogP contribution in [0.5, 0.6) is 5.75 Å². The first-order valence-corrected chi connectivity index (χ1v) is 13.4. The quantitative estimate of drug-likeness (QED) is 0.355. The summed E-state index contributed by atoms with van der Waals surface area (Å²) in [6.45, 7) is 16.4. The van der Waals surface area contributed by atoms with E-state index in [1.807, 2.05) is 0 Å². The highest BCUT2D eigenvalue weighted by molar-refractivity contribution is 5.59. The fourth-order valence-corrected chi connectivity index (χ4v) is 4.44. The highest BCUT2D eigenvalue weighted by atomic mass is 16.5. The minimum atomic E-state index is 0.0827. The molecular formula is C34H42N2O. The Bertz CT molecular complexity index is 1220. The monoisotopic (exact) mass is 494 g/mol. The van der Waals surface area contributed by atoms with Crippen LogP contribution in [0.4, 0.5) is 5.69 Å². The van der Waals surface area contributed by atoms with Gasteiger partial charge in [0.05, 0.1) is 24.0 Å². The van der Waals surface area contributed by atoms with Crippen LogP contribution in [0.15, 0.2) is 90.6 Å². The van der Waals surface area contributed by atoms with Crippen molar-refractivity contribution in [3.63, 3.8) is 0 Å². The van der Waals surface area contributed by atoms with Gasteiger partial charge in [-0.25, -0.2) is 0 Å². The molecular weight excluding hydrogens is 452 g/mol. The van der Waals surface area contributed by atoms with Crippen molar-refractivity contribution in [2.75, 3.05) is 11.6 Å². The summed E-state index contributed by atoms with van der Waals surface area (Å²) in [7, 11) is 0. The van der Waals surface area contributed by atoms with E-state index in [4.69, 9.17) is 4.74 Å². The highest BCUT2D eigenvalue weighted by Crippen LogP contribution is 2.34. The summed E-state index contributed by atoms with van der Waals surface area (Å²) in [4.78, 5) is 0. The molecule has 0 fully saturated rings. The number of hydrogen-bond acceptors (Lipinski definition) is 3. The third-order valence-corrected chi connectivity index (χ3v) is 6.80. The molecule has 1 aliphatic rings. The van der Waals surface area contributed by atoms with Gasteiger partial charge < -0.3 is 4.74 Å². The molecule has 1 aliphatic heterocycles. The molecule has 1 atom stereocenters. The topological polar surface area (TPSA) is 24.5 Å². The Morgan fingerprint density at radius 2 is 1.32 bits per heavy atom. The fraction of sp³-hybridized carbons (Fsp3) is 0.353. The van der Waals surface area contributed by atoms with E-state index in [2.05, 4.69) is 150 Å². The standard InChI is InChI=1S/C34H42N2O/c1-8-23-37-31-21-19-30(20-22-31)36-32(26-12-16-28(17-13-26)34(5,6)7)24-29(35-36)18-11-25-9-14-27(15-10-25)33(2,3)4/h9-22,24,32,35H,8,23H2,1-7H3. The van der Waals surface area contributed by atoms with E-state index in [0.29, 0.717) is 0 Å². The zero-order valence-electron chi connectivity index (χ0n) is 23.5. The van der Waals surface area contributed by atoms with Crippen molar-refractivity contribution in [3.8, 4) is 5.75 Å². The average Bonchev–Trinajstić information content (AvgIpc) is 3.30. The lowest BCUT2D eigenvalue weighted by molar-refractivity contribution is 0.317. The molecule has 3 aromatic carbocycles. The van der Waals surface area contributed by atoms with Crippen molar-refractivity contribution in [3.05, 3.63) is 113 Å². The lowest BCUT2D eigenvalue weighted by Gasteiger charge is -2.28. The second-order valence-corrected chi connectivity index (χ2v) is 12.0. The van der Waals surface area contributed by atoms with E-state index >= 15 is 0 Å². The SMILES string of the molecule is CCCOc1ccc(N2NC(C=Cc3ccc(C(C)(C)C)cc3)=CC2c2ccc(C(C)(C)C)cc2)cc1. The Kier molecular flexibility index (Phi) is 7.82. The number of hydrazine groups is 1. The molecule has 1 unspecified atom stereocenters. The van der Waals surface area contributed by atoms with Gasteiger partial charge in [0.2, 0.25) is 0 Å². The highest BCUT2D eigenvalue weighted by Gasteiger charge is 2.26. The summed E-state index contributed by atoms with van der Waals surface area (Å²) in [6, 6.07) is 26.3. The average molecular weight is 495 g/mol. The van der Waals surface area contributed by atoms with E-state index in [9.17, 15) is 0 Å². The Morgan fingerprint density at radius 1 is 0.757 bits per heavy atom. The molecule has 0 saturated heterocycles. The van der Waals surface area contributed by atoms with Gasteiger partial charge in [-0.15, -0.1) is 0 Å². The second-order valence-electron chi connectivity index (χ2n) is 12.0. The fourth-order valence-electron chi connectivity index (χ4n) is 4.44. The number of ether oxygens (including phenoxy) is 1. The third kappa shape index (κ3) is 6.65. The summed E-state index contributed by atoms with van der Waals surface area (Å²) < 4.78 is 5.80.